The molecule has 0 aliphatic carbocycles. The maximum Gasteiger partial charge on any atom is 0.250 e. The molecule has 0 radical (unpaired) electrons. The van der Waals surface area contributed by atoms with Gasteiger partial charge in [-0.3, -0.25) is 14.5 Å². The van der Waals surface area contributed by atoms with Gasteiger partial charge in [-0.05, 0) is 44.7 Å². The molecular formula is C22H30N4O3. The van der Waals surface area contributed by atoms with E-state index in [1.807, 2.05) is 24.3 Å². The molecule has 3 atom stereocenters. The molecule has 0 bridgehead atoms. The van der Waals surface area contributed by atoms with Crippen molar-refractivity contribution in [3.8, 4) is 0 Å². The van der Waals surface area contributed by atoms with Crippen LogP contribution in [0.3, 0.4) is 0 Å². The first kappa shape index (κ1) is 19.0. The summed E-state index contributed by atoms with van der Waals surface area (Å²) in [4.78, 5) is 31.4. The summed E-state index contributed by atoms with van der Waals surface area (Å²) in [5.74, 6) is -0.375. The van der Waals surface area contributed by atoms with Crippen molar-refractivity contribution < 1.29 is 14.7 Å². The highest BCUT2D eigenvalue weighted by Gasteiger charge is 2.65. The Bertz CT molecular complexity index is 807. The number of hydrogen-bond acceptors (Lipinski definition) is 5. The number of piperidine rings is 1. The number of amides is 2. The molecule has 1 spiro atoms. The zero-order valence-corrected chi connectivity index (χ0v) is 16.8. The smallest absolute Gasteiger partial charge is 0.250 e. The first-order valence-electron chi connectivity index (χ1n) is 11.0. The number of anilines is 1. The summed E-state index contributed by atoms with van der Waals surface area (Å²) in [6, 6.07) is 8.30. The number of fused-ring (bicyclic) bond motifs is 4. The number of hydrogen-bond donors (Lipinski definition) is 3. The normalized spacial score (nSPS) is 32.4. The van der Waals surface area contributed by atoms with Gasteiger partial charge in [-0.2, -0.15) is 0 Å². The van der Waals surface area contributed by atoms with E-state index in [9.17, 15) is 9.59 Å². The highest BCUT2D eigenvalue weighted by molar-refractivity contribution is 6.09. The monoisotopic (exact) mass is 398 g/mol. The summed E-state index contributed by atoms with van der Waals surface area (Å²) in [7, 11) is 0. The molecule has 1 aromatic rings. The molecule has 4 heterocycles. The lowest BCUT2D eigenvalue weighted by molar-refractivity contribution is -0.138. The average molecular weight is 399 g/mol. The van der Waals surface area contributed by atoms with Crippen molar-refractivity contribution in [1.29, 1.82) is 0 Å². The van der Waals surface area contributed by atoms with Crippen molar-refractivity contribution in [3.63, 3.8) is 0 Å². The first-order chi connectivity index (χ1) is 14.1. The van der Waals surface area contributed by atoms with Crippen LogP contribution in [0, 0.1) is 5.92 Å². The number of carbonyl (C=O) groups excluding carboxylic acids is 2. The second-order valence-electron chi connectivity index (χ2n) is 8.89. The minimum atomic E-state index is -0.862. The Kier molecular flexibility index (Phi) is 4.84. The second kappa shape index (κ2) is 7.38. The van der Waals surface area contributed by atoms with Crippen LogP contribution in [0.1, 0.15) is 37.7 Å². The molecule has 29 heavy (non-hydrogen) atoms. The van der Waals surface area contributed by atoms with Crippen molar-refractivity contribution >= 4 is 17.5 Å². The van der Waals surface area contributed by atoms with Crippen LogP contribution in [-0.2, 0) is 15.1 Å². The Labute approximate surface area is 171 Å². The van der Waals surface area contributed by atoms with Crippen LogP contribution in [0.15, 0.2) is 24.3 Å². The Morgan fingerprint density at radius 3 is 2.79 bits per heavy atom. The predicted molar refractivity (Wildman–Crippen MR) is 109 cm³/mol. The van der Waals surface area contributed by atoms with E-state index < -0.39 is 5.54 Å². The minimum absolute atomic E-state index is 0.0202. The number of nitrogens with one attached hydrogen (secondary N) is 2. The van der Waals surface area contributed by atoms with Crippen molar-refractivity contribution in [2.45, 2.75) is 49.7 Å². The van der Waals surface area contributed by atoms with Crippen molar-refractivity contribution in [2.75, 3.05) is 38.1 Å². The van der Waals surface area contributed by atoms with Gasteiger partial charge in [0.05, 0.1) is 12.5 Å². The minimum Gasteiger partial charge on any atom is -0.395 e. The van der Waals surface area contributed by atoms with Gasteiger partial charge in [0.15, 0.2) is 0 Å². The Morgan fingerprint density at radius 2 is 2.00 bits per heavy atom. The molecule has 4 aliphatic heterocycles. The van der Waals surface area contributed by atoms with Gasteiger partial charge in [-0.25, -0.2) is 0 Å². The number of nitrogens with zero attached hydrogens (tertiary/aromatic N) is 2. The SMILES string of the molecule is O=C(NC1CCN(CCO)CC1)[C@@H]1C[C@H]2CCCN2[C@]12C(=O)Nc1ccccc12. The van der Waals surface area contributed by atoms with Crippen LogP contribution in [-0.4, -0.2) is 71.6 Å². The van der Waals surface area contributed by atoms with Gasteiger partial charge in [-0.1, -0.05) is 18.2 Å². The third-order valence-electron chi connectivity index (χ3n) is 7.44. The lowest BCUT2D eigenvalue weighted by Gasteiger charge is -2.38. The van der Waals surface area contributed by atoms with E-state index in [0.29, 0.717) is 12.6 Å². The number of aliphatic hydroxyl groups excluding tert-OH is 1. The van der Waals surface area contributed by atoms with E-state index in [-0.39, 0.29) is 30.4 Å². The molecule has 1 aromatic carbocycles. The topological polar surface area (TPSA) is 84.9 Å². The largest absolute Gasteiger partial charge is 0.395 e. The van der Waals surface area contributed by atoms with E-state index >= 15 is 0 Å². The highest BCUT2D eigenvalue weighted by Crippen LogP contribution is 2.55. The van der Waals surface area contributed by atoms with E-state index in [0.717, 1.165) is 63.0 Å². The maximum atomic E-state index is 13.5. The zero-order chi connectivity index (χ0) is 20.0. The van der Waals surface area contributed by atoms with E-state index in [2.05, 4.69) is 20.4 Å². The lowest BCUT2D eigenvalue weighted by Crippen LogP contribution is -2.56. The Hall–Kier alpha value is -1.96. The number of aliphatic hydroxyl groups is 1. The fourth-order valence-electron chi connectivity index (χ4n) is 6.12. The summed E-state index contributed by atoms with van der Waals surface area (Å²) in [5, 5.41) is 15.5. The van der Waals surface area contributed by atoms with Gasteiger partial charge < -0.3 is 20.6 Å². The third-order valence-corrected chi connectivity index (χ3v) is 7.44. The Balaban J connectivity index is 1.40. The molecule has 5 rings (SSSR count). The van der Waals surface area contributed by atoms with Crippen LogP contribution in [0.25, 0.3) is 0 Å². The summed E-state index contributed by atoms with van der Waals surface area (Å²) in [6.45, 7) is 3.52. The standard InChI is InChI=1S/C22H30N4O3/c27-13-12-25-10-7-15(8-11-25)23-20(28)18-14-16-4-3-9-26(16)22(18)17-5-1-2-6-19(17)24-21(22)29/h1-2,5-6,15-16,18,27H,3-4,7-14H2,(H,23,28)(H,24,29)/t16-,18+,22+/m1/s1. The van der Waals surface area contributed by atoms with Gasteiger partial charge in [0.2, 0.25) is 11.8 Å². The fourth-order valence-corrected chi connectivity index (χ4v) is 6.12. The van der Waals surface area contributed by atoms with Gasteiger partial charge in [-0.15, -0.1) is 0 Å². The number of β-amino-alcohol motifs (C(OH)–C–C–N with tert-alkyl or cyclic N) is 1. The molecule has 3 fully saturated rings. The quantitative estimate of drug-likeness (QED) is 0.702. The van der Waals surface area contributed by atoms with Crippen LogP contribution in [0.4, 0.5) is 5.69 Å². The van der Waals surface area contributed by atoms with Gasteiger partial charge in [0.1, 0.15) is 5.54 Å². The van der Waals surface area contributed by atoms with Gasteiger partial charge >= 0.3 is 0 Å². The molecule has 2 amide bonds. The zero-order valence-electron chi connectivity index (χ0n) is 16.8. The third kappa shape index (κ3) is 2.90. The van der Waals surface area contributed by atoms with E-state index in [1.54, 1.807) is 0 Å². The number of para-hydroxylation sites is 1. The van der Waals surface area contributed by atoms with Crippen molar-refractivity contribution in [3.05, 3.63) is 29.8 Å². The summed E-state index contributed by atoms with van der Waals surface area (Å²) >= 11 is 0. The molecule has 4 aliphatic rings. The fraction of sp³-hybridized carbons (Fsp3) is 0.636. The maximum absolute atomic E-state index is 13.5. The molecule has 0 saturated carbocycles. The van der Waals surface area contributed by atoms with Gasteiger partial charge in [0.25, 0.3) is 0 Å². The first-order valence-corrected chi connectivity index (χ1v) is 11.0. The summed E-state index contributed by atoms with van der Waals surface area (Å²) in [6.07, 6.45) is 4.67. The predicted octanol–water partition coefficient (Wildman–Crippen LogP) is 0.891. The highest BCUT2D eigenvalue weighted by atomic mass is 16.3. The second-order valence-corrected chi connectivity index (χ2v) is 8.89. The van der Waals surface area contributed by atoms with Gasteiger partial charge in [0, 0.05) is 43.0 Å². The van der Waals surface area contributed by atoms with Crippen molar-refractivity contribution in [2.24, 2.45) is 5.92 Å². The van der Waals surface area contributed by atoms with E-state index in [4.69, 9.17) is 5.11 Å². The average Bonchev–Trinajstić information content (AvgIpc) is 3.38. The van der Waals surface area contributed by atoms with Crippen LogP contribution in [0.2, 0.25) is 0 Å². The van der Waals surface area contributed by atoms with E-state index in [1.165, 1.54) is 0 Å². The Morgan fingerprint density at radius 1 is 1.21 bits per heavy atom. The van der Waals surface area contributed by atoms with Crippen LogP contribution >= 0.6 is 0 Å². The summed E-state index contributed by atoms with van der Waals surface area (Å²) < 4.78 is 0. The molecule has 3 saturated heterocycles. The lowest BCUT2D eigenvalue weighted by atomic mass is 9.78. The molecule has 156 valence electrons. The molecule has 7 heteroatoms. The van der Waals surface area contributed by atoms with Crippen molar-refractivity contribution in [1.82, 2.24) is 15.1 Å². The molecular weight excluding hydrogens is 368 g/mol. The molecule has 3 N–H and O–H groups in total. The molecule has 7 nitrogen and oxygen atoms in total. The summed E-state index contributed by atoms with van der Waals surface area (Å²) in [5.41, 5.74) is 0.951. The number of carbonyl (C=O) groups is 2. The number of benzene rings is 1. The molecule has 0 unspecified atom stereocenters. The van der Waals surface area contributed by atoms with Crippen LogP contribution < -0.4 is 10.6 Å². The number of rotatable bonds is 4. The van der Waals surface area contributed by atoms with Crippen LogP contribution in [0.5, 0.6) is 0 Å². The molecule has 0 aromatic heterocycles. The number of likely N-dealkylation sites (tertiary alicyclic amines) is 1.